The zero-order valence-electron chi connectivity index (χ0n) is 24.4. The lowest BCUT2D eigenvalue weighted by Gasteiger charge is -2.17. The molecule has 6 aliphatic rings. The molecule has 41 heavy (non-hydrogen) atoms. The van der Waals surface area contributed by atoms with Crippen molar-refractivity contribution in [3.8, 4) is 0 Å². The fourth-order valence-corrected chi connectivity index (χ4v) is 6.93. The molecule has 8 bridgehead atoms. The van der Waals surface area contributed by atoms with Crippen LogP contribution in [0.15, 0.2) is 106 Å². The van der Waals surface area contributed by atoms with Gasteiger partial charge >= 0.3 is 5.97 Å². The Morgan fingerprint density at radius 2 is 1.76 bits per heavy atom. The van der Waals surface area contributed by atoms with Crippen LogP contribution in [0.1, 0.15) is 67.2 Å². The van der Waals surface area contributed by atoms with E-state index in [-0.39, 0.29) is 24.0 Å². The van der Waals surface area contributed by atoms with Gasteiger partial charge in [-0.25, -0.2) is 15.0 Å². The second-order valence-corrected chi connectivity index (χ2v) is 11.6. The molecule has 0 aromatic heterocycles. The maximum Gasteiger partial charge on any atom is 0.303 e. The summed E-state index contributed by atoms with van der Waals surface area (Å²) in [5, 5.41) is 35.0. The molecule has 8 heteroatoms. The van der Waals surface area contributed by atoms with Gasteiger partial charge in [0.2, 0.25) is 0 Å². The van der Waals surface area contributed by atoms with Crippen LogP contribution in [0.3, 0.4) is 0 Å². The normalized spacial score (nSPS) is 25.9. The van der Waals surface area contributed by atoms with E-state index in [0.29, 0.717) is 18.5 Å². The first-order chi connectivity index (χ1) is 19.5. The van der Waals surface area contributed by atoms with Crippen molar-refractivity contribution in [1.29, 1.82) is 0 Å². The second-order valence-electron chi connectivity index (χ2n) is 11.6. The van der Waals surface area contributed by atoms with E-state index in [0.717, 1.165) is 85.4 Å². The van der Waals surface area contributed by atoms with Gasteiger partial charge in [0.15, 0.2) is 0 Å². The van der Waals surface area contributed by atoms with Gasteiger partial charge in [-0.15, -0.1) is 0 Å². The van der Waals surface area contributed by atoms with Crippen LogP contribution in [-0.4, -0.2) is 44.5 Å². The summed E-state index contributed by atoms with van der Waals surface area (Å²) in [6.45, 7) is 12.0. The van der Waals surface area contributed by atoms with Gasteiger partial charge in [0.1, 0.15) is 5.76 Å². The molecule has 0 radical (unpaired) electrons. The monoisotopic (exact) mass is 552 g/mol. The molecule has 5 aliphatic heterocycles. The lowest BCUT2D eigenvalue weighted by atomic mass is 9.86. The van der Waals surface area contributed by atoms with Crippen molar-refractivity contribution < 1.29 is 20.1 Å². The van der Waals surface area contributed by atoms with Crippen molar-refractivity contribution in [1.82, 2.24) is 5.32 Å². The van der Waals surface area contributed by atoms with E-state index in [1.807, 2.05) is 32.1 Å². The van der Waals surface area contributed by atoms with E-state index in [9.17, 15) is 20.1 Å². The predicted molar refractivity (Wildman–Crippen MR) is 161 cm³/mol. The Morgan fingerprint density at radius 1 is 1.05 bits per heavy atom. The van der Waals surface area contributed by atoms with E-state index in [1.54, 1.807) is 6.92 Å². The molecule has 1 saturated heterocycles. The number of rotatable bonds is 5. The number of carbonyl (C=O) groups is 1. The lowest BCUT2D eigenvalue weighted by molar-refractivity contribution is -0.137. The van der Waals surface area contributed by atoms with Crippen LogP contribution >= 0.6 is 0 Å². The number of allylic oxidation sites excluding steroid dienone is 11. The number of nitrogens with one attached hydrogen (secondary N) is 1. The van der Waals surface area contributed by atoms with Crippen LogP contribution in [0.4, 0.5) is 0 Å². The van der Waals surface area contributed by atoms with Gasteiger partial charge < -0.3 is 20.6 Å². The Morgan fingerprint density at radius 3 is 2.44 bits per heavy atom. The van der Waals surface area contributed by atoms with Gasteiger partial charge in [0.05, 0.1) is 40.3 Å². The summed E-state index contributed by atoms with van der Waals surface area (Å²) in [4.78, 5) is 26.6. The number of aliphatic hydroxyl groups is 2. The average Bonchev–Trinajstić information content (AvgIpc) is 3.65. The molecule has 1 aliphatic carbocycles. The van der Waals surface area contributed by atoms with Crippen LogP contribution in [0, 0.1) is 11.8 Å². The second kappa shape index (κ2) is 9.80. The maximum absolute atomic E-state index is 11.6. The largest absolute Gasteiger partial charge is 0.511 e. The van der Waals surface area contributed by atoms with E-state index in [1.165, 1.54) is 0 Å². The third-order valence-electron chi connectivity index (χ3n) is 9.19. The van der Waals surface area contributed by atoms with Gasteiger partial charge in [-0.1, -0.05) is 13.8 Å². The van der Waals surface area contributed by atoms with Crippen molar-refractivity contribution >= 4 is 23.1 Å². The smallest absolute Gasteiger partial charge is 0.303 e. The summed E-state index contributed by atoms with van der Waals surface area (Å²) in [6, 6.07) is 0. The van der Waals surface area contributed by atoms with Crippen LogP contribution in [0.5, 0.6) is 0 Å². The number of aliphatic hydroxyl groups excluding tert-OH is 2. The highest BCUT2D eigenvalue weighted by Crippen LogP contribution is 2.46. The standard InChI is InChI=1S/C33H36N4O4/c1-7-19-14(2)22-13-27-30(18(6)38)16(4)24(35-27)11-23-15(3)20(8-9-29(40)41)32(36-23)21-10-28(39)31-17(5)25(37-33(21)31)12-26(19)34-22/h11-13,15,18,20,36,38-39H,7-10H2,1-6H3,(H,40,41)/t15-,18+,20-/m0/s1. The van der Waals surface area contributed by atoms with Crippen molar-refractivity contribution in [3.63, 3.8) is 0 Å². The summed E-state index contributed by atoms with van der Waals surface area (Å²) < 4.78 is 0. The highest BCUT2D eigenvalue weighted by atomic mass is 16.4. The number of hydrogen-bond acceptors (Lipinski definition) is 7. The Labute approximate surface area is 240 Å². The van der Waals surface area contributed by atoms with Crippen molar-refractivity contribution in [2.75, 3.05) is 0 Å². The van der Waals surface area contributed by atoms with Gasteiger partial charge in [0.25, 0.3) is 0 Å². The molecule has 4 N–H and O–H groups in total. The molecular weight excluding hydrogens is 516 g/mol. The molecule has 8 nitrogen and oxygen atoms in total. The summed E-state index contributed by atoms with van der Waals surface area (Å²) in [6.07, 6.45) is 6.91. The fraction of sp³-hybridized carbons (Fsp3) is 0.394. The molecule has 212 valence electrons. The molecule has 0 amide bonds. The van der Waals surface area contributed by atoms with Crippen LogP contribution in [0.25, 0.3) is 0 Å². The molecule has 6 rings (SSSR count). The zero-order chi connectivity index (χ0) is 29.3. The number of aliphatic imine (C=N–C) groups is 3. The molecule has 0 aromatic rings. The van der Waals surface area contributed by atoms with E-state index < -0.39 is 12.1 Å². The summed E-state index contributed by atoms with van der Waals surface area (Å²) in [5.41, 5.74) is 12.9. The maximum atomic E-state index is 11.6. The number of hydrogen-bond donors (Lipinski definition) is 4. The summed E-state index contributed by atoms with van der Waals surface area (Å²) in [7, 11) is 0. The van der Waals surface area contributed by atoms with Gasteiger partial charge in [-0.3, -0.25) is 4.79 Å². The molecular formula is C33H36N4O4. The molecule has 5 heterocycles. The topological polar surface area (TPSA) is 127 Å². The van der Waals surface area contributed by atoms with Gasteiger partial charge in [-0.05, 0) is 81.1 Å². The number of fused-ring (bicyclic) bond motifs is 5. The molecule has 0 saturated carbocycles. The molecule has 0 aromatic carbocycles. The van der Waals surface area contributed by atoms with Gasteiger partial charge in [-0.2, -0.15) is 0 Å². The van der Waals surface area contributed by atoms with E-state index in [4.69, 9.17) is 15.0 Å². The lowest BCUT2D eigenvalue weighted by Crippen LogP contribution is -2.15. The molecule has 0 unspecified atom stereocenters. The Kier molecular flexibility index (Phi) is 6.49. The number of nitrogens with zero attached hydrogens (tertiary/aromatic N) is 3. The Hall–Kier alpha value is -4.04. The quantitative estimate of drug-likeness (QED) is 0.338. The first-order valence-corrected chi connectivity index (χ1v) is 14.4. The highest BCUT2D eigenvalue weighted by Gasteiger charge is 2.41. The molecule has 0 spiro atoms. The highest BCUT2D eigenvalue weighted by molar-refractivity contribution is 6.21. The minimum Gasteiger partial charge on any atom is -0.511 e. The van der Waals surface area contributed by atoms with Crippen molar-refractivity contribution in [3.05, 3.63) is 91.5 Å². The first-order valence-electron chi connectivity index (χ1n) is 14.4. The van der Waals surface area contributed by atoms with E-state index >= 15 is 0 Å². The molecule has 1 fully saturated rings. The van der Waals surface area contributed by atoms with Gasteiger partial charge in [0, 0.05) is 52.8 Å². The minimum atomic E-state index is -0.836. The van der Waals surface area contributed by atoms with Crippen LogP contribution in [0.2, 0.25) is 0 Å². The zero-order valence-corrected chi connectivity index (χ0v) is 24.4. The summed E-state index contributed by atoms with van der Waals surface area (Å²) >= 11 is 0. The van der Waals surface area contributed by atoms with Crippen molar-refractivity contribution in [2.45, 2.75) is 73.3 Å². The fourth-order valence-electron chi connectivity index (χ4n) is 6.93. The third-order valence-corrected chi connectivity index (χ3v) is 9.19. The Bertz CT molecular complexity index is 1660. The van der Waals surface area contributed by atoms with Crippen LogP contribution in [-0.2, 0) is 4.79 Å². The average molecular weight is 553 g/mol. The number of aliphatic carboxylic acids is 1. The molecule has 3 atom stereocenters. The van der Waals surface area contributed by atoms with E-state index in [2.05, 4.69) is 26.1 Å². The number of carboxylic acids is 1. The third kappa shape index (κ3) is 4.23. The SMILES string of the molecule is CCC1=C(C)C2=NC1=CC1=C(C)C3=C(O)CC(=C4NC(=CC5=NC(=C2)C([C@@H](C)O)=C5C)[C@@H](C)[C@@H]4CCC(=O)O)C3=N1. The van der Waals surface area contributed by atoms with Crippen molar-refractivity contribution in [2.24, 2.45) is 26.8 Å². The minimum absolute atomic E-state index is 0.00687. The van der Waals surface area contributed by atoms with Crippen LogP contribution < -0.4 is 5.32 Å². The summed E-state index contributed by atoms with van der Waals surface area (Å²) in [5.74, 6) is -0.644. The first kappa shape index (κ1) is 27.1. The number of carboxylic acid groups (broad SMARTS) is 1. The predicted octanol–water partition coefficient (Wildman–Crippen LogP) is 5.90. The Balaban J connectivity index is 1.62.